The van der Waals surface area contributed by atoms with Gasteiger partial charge in [0.25, 0.3) is 0 Å². The molecule has 0 spiro atoms. The van der Waals surface area contributed by atoms with Crippen LogP contribution in [-0.4, -0.2) is 21.7 Å². The van der Waals surface area contributed by atoms with E-state index in [0.29, 0.717) is 30.7 Å². The van der Waals surface area contributed by atoms with Gasteiger partial charge < -0.3 is 5.32 Å². The Hall–Kier alpha value is -2.82. The maximum Gasteiger partial charge on any atom is 0.224 e. The summed E-state index contributed by atoms with van der Waals surface area (Å²) in [4.78, 5) is 32.7. The minimum absolute atomic E-state index is 0.0686. The van der Waals surface area contributed by atoms with Gasteiger partial charge in [-0.1, -0.05) is 30.3 Å². The van der Waals surface area contributed by atoms with E-state index in [-0.39, 0.29) is 18.1 Å². The predicted octanol–water partition coefficient (Wildman–Crippen LogP) is 2.61. The molecule has 1 aliphatic carbocycles. The fourth-order valence-electron chi connectivity index (χ4n) is 2.79. The molecule has 0 bridgehead atoms. The molecule has 122 valence electrons. The predicted molar refractivity (Wildman–Crippen MR) is 90.8 cm³/mol. The summed E-state index contributed by atoms with van der Waals surface area (Å²) < 4.78 is 0. The Kier molecular flexibility index (Phi) is 4.79. The first-order valence-electron chi connectivity index (χ1n) is 7.98. The minimum atomic E-state index is -0.170. The van der Waals surface area contributed by atoms with Crippen LogP contribution in [0.2, 0.25) is 0 Å². The van der Waals surface area contributed by atoms with Crippen molar-refractivity contribution in [3.63, 3.8) is 0 Å². The molecular weight excluding hydrogens is 302 g/mol. The molecule has 0 saturated heterocycles. The summed E-state index contributed by atoms with van der Waals surface area (Å²) in [7, 11) is 0. The summed E-state index contributed by atoms with van der Waals surface area (Å²) in [5.74, 6) is -0.102. The fourth-order valence-corrected chi connectivity index (χ4v) is 2.79. The van der Waals surface area contributed by atoms with Crippen molar-refractivity contribution < 1.29 is 9.59 Å². The lowest BCUT2D eigenvalue weighted by molar-refractivity contribution is -0.122. The second-order valence-corrected chi connectivity index (χ2v) is 5.85. The number of hydrogen-bond donors (Lipinski definition) is 1. The molecule has 0 saturated carbocycles. The molecule has 1 amide bonds. The van der Waals surface area contributed by atoms with E-state index in [1.54, 1.807) is 12.4 Å². The molecule has 5 nitrogen and oxygen atoms in total. The number of carbonyl (C=O) groups excluding carboxylic acids is 2. The molecule has 1 aromatic carbocycles. The molecule has 0 fully saturated rings. The van der Waals surface area contributed by atoms with Gasteiger partial charge in [0.2, 0.25) is 5.91 Å². The number of nitrogens with zero attached hydrogens (tertiary/aromatic N) is 2. The third-order valence-corrected chi connectivity index (χ3v) is 4.06. The van der Waals surface area contributed by atoms with Crippen LogP contribution in [0.25, 0.3) is 5.57 Å². The lowest BCUT2D eigenvalue weighted by atomic mass is 10.00. The summed E-state index contributed by atoms with van der Waals surface area (Å²) in [5, 5.41) is 2.81. The number of carbonyl (C=O) groups is 2. The SMILES string of the molecule is Cc1cnc(CNC(=O)CC2=C(c3ccccc3)CCC2=O)cn1. The summed E-state index contributed by atoms with van der Waals surface area (Å²) >= 11 is 0. The maximum atomic E-state index is 12.2. The lowest BCUT2D eigenvalue weighted by Crippen LogP contribution is -2.24. The van der Waals surface area contributed by atoms with Crippen LogP contribution in [0.15, 0.2) is 48.3 Å². The maximum absolute atomic E-state index is 12.2. The Morgan fingerprint density at radius 3 is 2.62 bits per heavy atom. The molecule has 1 heterocycles. The zero-order valence-electron chi connectivity index (χ0n) is 13.6. The van der Waals surface area contributed by atoms with E-state index in [1.165, 1.54) is 0 Å². The Bertz CT molecular complexity index is 780. The quantitative estimate of drug-likeness (QED) is 0.919. The van der Waals surface area contributed by atoms with Gasteiger partial charge in [0.05, 0.1) is 30.6 Å². The number of rotatable bonds is 5. The van der Waals surface area contributed by atoms with Gasteiger partial charge >= 0.3 is 0 Å². The fraction of sp³-hybridized carbons (Fsp3) is 0.263. The van der Waals surface area contributed by atoms with Gasteiger partial charge in [-0.3, -0.25) is 19.6 Å². The zero-order chi connectivity index (χ0) is 16.9. The smallest absolute Gasteiger partial charge is 0.224 e. The monoisotopic (exact) mass is 321 g/mol. The number of Topliss-reactive ketones (excluding diaryl/α,β-unsaturated/α-hetero) is 1. The van der Waals surface area contributed by atoms with Gasteiger partial charge in [0.1, 0.15) is 0 Å². The van der Waals surface area contributed by atoms with Gasteiger partial charge in [-0.05, 0) is 24.5 Å². The largest absolute Gasteiger partial charge is 0.350 e. The Labute approximate surface area is 140 Å². The highest BCUT2D eigenvalue weighted by Gasteiger charge is 2.25. The number of ketones is 1. The molecule has 0 radical (unpaired) electrons. The summed E-state index contributed by atoms with van der Waals surface area (Å²) in [5.41, 5.74) is 4.18. The first-order chi connectivity index (χ1) is 11.6. The van der Waals surface area contributed by atoms with E-state index < -0.39 is 0 Å². The molecule has 0 aliphatic heterocycles. The molecule has 0 atom stereocenters. The van der Waals surface area contributed by atoms with Crippen molar-refractivity contribution in [3.8, 4) is 0 Å². The second kappa shape index (κ2) is 7.17. The lowest BCUT2D eigenvalue weighted by Gasteiger charge is -2.08. The number of aryl methyl sites for hydroxylation is 1. The molecule has 1 aliphatic rings. The number of aromatic nitrogens is 2. The van der Waals surface area contributed by atoms with Crippen molar-refractivity contribution in [1.29, 1.82) is 0 Å². The zero-order valence-corrected chi connectivity index (χ0v) is 13.6. The standard InChI is InChI=1S/C19H19N3O2/c1-13-10-21-15(11-20-13)12-22-19(24)9-17-16(7-8-18(17)23)14-5-3-2-4-6-14/h2-6,10-11H,7-9,12H2,1H3,(H,22,24). The molecule has 1 aromatic heterocycles. The van der Waals surface area contributed by atoms with E-state index in [9.17, 15) is 9.59 Å². The first-order valence-corrected chi connectivity index (χ1v) is 7.98. The second-order valence-electron chi connectivity index (χ2n) is 5.85. The Morgan fingerprint density at radius 1 is 1.12 bits per heavy atom. The van der Waals surface area contributed by atoms with Crippen molar-refractivity contribution in [3.05, 3.63) is 65.2 Å². The van der Waals surface area contributed by atoms with E-state index in [2.05, 4.69) is 15.3 Å². The first kappa shape index (κ1) is 16.1. The van der Waals surface area contributed by atoms with Crippen LogP contribution < -0.4 is 5.32 Å². The van der Waals surface area contributed by atoms with Crippen LogP contribution in [0.5, 0.6) is 0 Å². The van der Waals surface area contributed by atoms with Crippen molar-refractivity contribution >= 4 is 17.3 Å². The molecule has 1 N–H and O–H groups in total. The number of allylic oxidation sites excluding steroid dienone is 1. The summed E-state index contributed by atoms with van der Waals surface area (Å²) in [6.45, 7) is 2.17. The number of amides is 1. The topological polar surface area (TPSA) is 72.0 Å². The third-order valence-electron chi connectivity index (χ3n) is 4.06. The summed E-state index contributed by atoms with van der Waals surface area (Å²) in [6.07, 6.45) is 4.61. The van der Waals surface area contributed by atoms with Crippen molar-refractivity contribution in [1.82, 2.24) is 15.3 Å². The van der Waals surface area contributed by atoms with E-state index >= 15 is 0 Å². The molecular formula is C19H19N3O2. The highest BCUT2D eigenvalue weighted by molar-refractivity contribution is 6.10. The molecule has 2 aromatic rings. The number of hydrogen-bond acceptors (Lipinski definition) is 4. The van der Waals surface area contributed by atoms with Crippen LogP contribution in [0.3, 0.4) is 0 Å². The van der Waals surface area contributed by atoms with Crippen LogP contribution in [0.1, 0.15) is 36.2 Å². The Morgan fingerprint density at radius 2 is 1.92 bits per heavy atom. The van der Waals surface area contributed by atoms with Gasteiger partial charge in [-0.15, -0.1) is 0 Å². The van der Waals surface area contributed by atoms with E-state index in [1.807, 2.05) is 37.3 Å². The van der Waals surface area contributed by atoms with Crippen molar-refractivity contribution in [2.75, 3.05) is 0 Å². The van der Waals surface area contributed by atoms with Crippen LogP contribution in [0, 0.1) is 6.92 Å². The summed E-state index contributed by atoms with van der Waals surface area (Å²) in [6, 6.07) is 9.79. The van der Waals surface area contributed by atoms with Gasteiger partial charge in [0, 0.05) is 18.2 Å². The third kappa shape index (κ3) is 3.74. The van der Waals surface area contributed by atoms with Crippen molar-refractivity contribution in [2.45, 2.75) is 32.7 Å². The molecule has 24 heavy (non-hydrogen) atoms. The van der Waals surface area contributed by atoms with Crippen LogP contribution >= 0.6 is 0 Å². The van der Waals surface area contributed by atoms with Crippen molar-refractivity contribution in [2.24, 2.45) is 0 Å². The molecule has 3 rings (SSSR count). The average molecular weight is 321 g/mol. The van der Waals surface area contributed by atoms with E-state index in [4.69, 9.17) is 0 Å². The number of benzene rings is 1. The molecule has 0 unspecified atom stereocenters. The highest BCUT2D eigenvalue weighted by Crippen LogP contribution is 2.33. The average Bonchev–Trinajstić information content (AvgIpc) is 2.96. The van der Waals surface area contributed by atoms with Gasteiger partial charge in [-0.2, -0.15) is 0 Å². The normalized spacial score (nSPS) is 14.1. The van der Waals surface area contributed by atoms with E-state index in [0.717, 1.165) is 16.8 Å². The Balaban J connectivity index is 1.67. The van der Waals surface area contributed by atoms with Crippen LogP contribution in [0.4, 0.5) is 0 Å². The van der Waals surface area contributed by atoms with Gasteiger partial charge in [-0.25, -0.2) is 0 Å². The number of nitrogens with one attached hydrogen (secondary N) is 1. The molecule has 5 heteroatoms. The van der Waals surface area contributed by atoms with Crippen LogP contribution in [-0.2, 0) is 16.1 Å². The highest BCUT2D eigenvalue weighted by atomic mass is 16.2. The minimum Gasteiger partial charge on any atom is -0.350 e. The van der Waals surface area contributed by atoms with Gasteiger partial charge in [0.15, 0.2) is 5.78 Å².